The molecular weight excluding hydrogens is 276 g/mol. The molecule has 0 bridgehead atoms. The fourth-order valence-electron chi connectivity index (χ4n) is 1.69. The first-order chi connectivity index (χ1) is 9.87. The minimum Gasteiger partial charge on any atom is -0.465 e. The highest BCUT2D eigenvalue weighted by Gasteiger charge is 2.18. The van der Waals surface area contributed by atoms with Gasteiger partial charge in [-0.15, -0.1) is 0 Å². The second kappa shape index (κ2) is 9.00. The number of rotatable bonds is 7. The molecular formula is C15H26O6. The van der Waals surface area contributed by atoms with Gasteiger partial charge in [-0.3, -0.25) is 9.59 Å². The first kappa shape index (κ1) is 17.9. The minimum absolute atomic E-state index is 0.0242. The van der Waals surface area contributed by atoms with Gasteiger partial charge in [0.1, 0.15) is 12.9 Å². The predicted octanol–water partition coefficient (Wildman–Crippen LogP) is 2.05. The van der Waals surface area contributed by atoms with Crippen LogP contribution in [0.25, 0.3) is 0 Å². The standard InChI is InChI=1S/C15H26O6/c1-15(2,3)10-20-13(16)6-4-5-7-14(17)21-12-8-18-11-19-9-12/h12H,4-11H2,1-3H3. The third-order valence-corrected chi connectivity index (χ3v) is 2.75. The summed E-state index contributed by atoms with van der Waals surface area (Å²) in [5, 5.41) is 0. The maximum absolute atomic E-state index is 11.6. The quantitative estimate of drug-likeness (QED) is 0.529. The fourth-order valence-corrected chi connectivity index (χ4v) is 1.69. The summed E-state index contributed by atoms with van der Waals surface area (Å²) in [4.78, 5) is 23.0. The molecule has 0 aromatic heterocycles. The number of hydrogen-bond acceptors (Lipinski definition) is 6. The highest BCUT2D eigenvalue weighted by atomic mass is 16.7. The van der Waals surface area contributed by atoms with Gasteiger partial charge in [-0.25, -0.2) is 0 Å². The summed E-state index contributed by atoms with van der Waals surface area (Å²) in [6.45, 7) is 7.45. The number of carbonyl (C=O) groups excluding carboxylic acids is 2. The van der Waals surface area contributed by atoms with Crippen LogP contribution in [0.5, 0.6) is 0 Å². The Morgan fingerprint density at radius 2 is 1.62 bits per heavy atom. The highest BCUT2D eigenvalue weighted by Crippen LogP contribution is 2.14. The van der Waals surface area contributed by atoms with E-state index in [4.69, 9.17) is 18.9 Å². The van der Waals surface area contributed by atoms with Crippen molar-refractivity contribution in [3.05, 3.63) is 0 Å². The second-order valence-corrected chi connectivity index (χ2v) is 6.40. The molecule has 6 nitrogen and oxygen atoms in total. The molecule has 0 saturated carbocycles. The van der Waals surface area contributed by atoms with E-state index < -0.39 is 0 Å². The molecule has 1 heterocycles. The van der Waals surface area contributed by atoms with Gasteiger partial charge in [0.2, 0.25) is 0 Å². The molecule has 6 heteroatoms. The summed E-state index contributed by atoms with van der Waals surface area (Å²) < 4.78 is 20.4. The van der Waals surface area contributed by atoms with Gasteiger partial charge in [-0.05, 0) is 18.3 Å². The van der Waals surface area contributed by atoms with Crippen LogP contribution in [-0.2, 0) is 28.5 Å². The lowest BCUT2D eigenvalue weighted by Crippen LogP contribution is -2.33. The van der Waals surface area contributed by atoms with Gasteiger partial charge < -0.3 is 18.9 Å². The normalized spacial score (nSPS) is 16.5. The van der Waals surface area contributed by atoms with E-state index in [0.29, 0.717) is 45.5 Å². The van der Waals surface area contributed by atoms with E-state index in [1.165, 1.54) is 0 Å². The molecule has 1 aliphatic heterocycles. The van der Waals surface area contributed by atoms with Crippen molar-refractivity contribution in [2.75, 3.05) is 26.6 Å². The number of unbranched alkanes of at least 4 members (excludes halogenated alkanes) is 1. The van der Waals surface area contributed by atoms with Gasteiger partial charge in [0.25, 0.3) is 0 Å². The summed E-state index contributed by atoms with van der Waals surface area (Å²) in [7, 11) is 0. The Kier molecular flexibility index (Phi) is 7.67. The van der Waals surface area contributed by atoms with Crippen molar-refractivity contribution < 1.29 is 28.5 Å². The molecule has 0 aliphatic carbocycles. The minimum atomic E-state index is -0.317. The van der Waals surface area contributed by atoms with Crippen molar-refractivity contribution in [1.82, 2.24) is 0 Å². The Labute approximate surface area is 126 Å². The van der Waals surface area contributed by atoms with E-state index in [-0.39, 0.29) is 30.3 Å². The monoisotopic (exact) mass is 302 g/mol. The van der Waals surface area contributed by atoms with Gasteiger partial charge >= 0.3 is 11.9 Å². The first-order valence-corrected chi connectivity index (χ1v) is 7.37. The van der Waals surface area contributed by atoms with E-state index in [9.17, 15) is 9.59 Å². The SMILES string of the molecule is CC(C)(C)COC(=O)CCCCC(=O)OC1COCOC1. The van der Waals surface area contributed by atoms with Crippen LogP contribution in [0.2, 0.25) is 0 Å². The summed E-state index contributed by atoms with van der Waals surface area (Å²) in [6, 6.07) is 0. The molecule has 0 radical (unpaired) electrons. The Morgan fingerprint density at radius 3 is 2.19 bits per heavy atom. The summed E-state index contributed by atoms with van der Waals surface area (Å²) in [6.07, 6.45) is 1.54. The summed E-state index contributed by atoms with van der Waals surface area (Å²) in [5.74, 6) is -0.496. The third kappa shape index (κ3) is 9.42. The van der Waals surface area contributed by atoms with E-state index in [2.05, 4.69) is 0 Å². The van der Waals surface area contributed by atoms with E-state index in [0.717, 1.165) is 0 Å². The number of carbonyl (C=O) groups is 2. The zero-order chi connectivity index (χ0) is 15.7. The lowest BCUT2D eigenvalue weighted by Gasteiger charge is -2.22. The predicted molar refractivity (Wildman–Crippen MR) is 75.5 cm³/mol. The van der Waals surface area contributed by atoms with Crippen LogP contribution in [-0.4, -0.2) is 44.7 Å². The topological polar surface area (TPSA) is 71.1 Å². The average molecular weight is 302 g/mol. The molecule has 122 valence electrons. The van der Waals surface area contributed by atoms with Crippen LogP contribution in [0.15, 0.2) is 0 Å². The Bertz CT molecular complexity index is 328. The second-order valence-electron chi connectivity index (χ2n) is 6.40. The van der Waals surface area contributed by atoms with Crippen LogP contribution >= 0.6 is 0 Å². The van der Waals surface area contributed by atoms with Crippen molar-refractivity contribution in [1.29, 1.82) is 0 Å². The largest absolute Gasteiger partial charge is 0.465 e. The van der Waals surface area contributed by atoms with Gasteiger partial charge in [0, 0.05) is 12.8 Å². The molecule has 1 rings (SSSR count). The van der Waals surface area contributed by atoms with Crippen molar-refractivity contribution in [2.24, 2.45) is 5.41 Å². The van der Waals surface area contributed by atoms with Crippen molar-refractivity contribution in [3.63, 3.8) is 0 Å². The number of hydrogen-bond donors (Lipinski definition) is 0. The Balaban J connectivity index is 2.02. The van der Waals surface area contributed by atoms with Crippen LogP contribution in [0.3, 0.4) is 0 Å². The molecule has 1 saturated heterocycles. The maximum atomic E-state index is 11.6. The molecule has 0 N–H and O–H groups in total. The molecule has 0 atom stereocenters. The van der Waals surface area contributed by atoms with Gasteiger partial charge in [-0.1, -0.05) is 20.8 Å². The zero-order valence-electron chi connectivity index (χ0n) is 13.2. The average Bonchev–Trinajstić information content (AvgIpc) is 2.42. The fraction of sp³-hybridized carbons (Fsp3) is 0.867. The lowest BCUT2D eigenvalue weighted by molar-refractivity contribution is -0.183. The first-order valence-electron chi connectivity index (χ1n) is 7.37. The maximum Gasteiger partial charge on any atom is 0.306 e. The molecule has 0 aromatic rings. The Morgan fingerprint density at radius 1 is 1.05 bits per heavy atom. The van der Waals surface area contributed by atoms with Crippen LogP contribution in [0.1, 0.15) is 46.5 Å². The zero-order valence-corrected chi connectivity index (χ0v) is 13.2. The Hall–Kier alpha value is -1.14. The van der Waals surface area contributed by atoms with Crippen LogP contribution in [0, 0.1) is 5.41 Å². The van der Waals surface area contributed by atoms with E-state index in [1.54, 1.807) is 0 Å². The molecule has 0 unspecified atom stereocenters. The van der Waals surface area contributed by atoms with Gasteiger partial charge in [0.05, 0.1) is 19.8 Å². The molecule has 1 fully saturated rings. The highest BCUT2D eigenvalue weighted by molar-refractivity contribution is 5.70. The van der Waals surface area contributed by atoms with E-state index >= 15 is 0 Å². The van der Waals surface area contributed by atoms with Gasteiger partial charge in [0.15, 0.2) is 0 Å². The summed E-state index contributed by atoms with van der Waals surface area (Å²) >= 11 is 0. The van der Waals surface area contributed by atoms with Crippen molar-refractivity contribution >= 4 is 11.9 Å². The third-order valence-electron chi connectivity index (χ3n) is 2.75. The van der Waals surface area contributed by atoms with E-state index in [1.807, 2.05) is 20.8 Å². The number of esters is 2. The molecule has 0 amide bonds. The van der Waals surface area contributed by atoms with Crippen molar-refractivity contribution in [2.45, 2.75) is 52.6 Å². The van der Waals surface area contributed by atoms with Gasteiger partial charge in [-0.2, -0.15) is 0 Å². The molecule has 1 aliphatic rings. The smallest absolute Gasteiger partial charge is 0.306 e. The van der Waals surface area contributed by atoms with Crippen LogP contribution < -0.4 is 0 Å². The molecule has 0 spiro atoms. The van der Waals surface area contributed by atoms with Crippen LogP contribution in [0.4, 0.5) is 0 Å². The van der Waals surface area contributed by atoms with Crippen molar-refractivity contribution in [3.8, 4) is 0 Å². The lowest BCUT2D eigenvalue weighted by atomic mass is 9.99. The number of ether oxygens (including phenoxy) is 4. The molecule has 0 aromatic carbocycles. The summed E-state index contributed by atoms with van der Waals surface area (Å²) in [5.41, 5.74) is -0.0242. The molecule has 21 heavy (non-hydrogen) atoms.